The van der Waals surface area contributed by atoms with Gasteiger partial charge in [0.1, 0.15) is 11.5 Å². The van der Waals surface area contributed by atoms with Crippen molar-refractivity contribution in [2.45, 2.75) is 0 Å². The fourth-order valence-corrected chi connectivity index (χ4v) is 2.51. The summed E-state index contributed by atoms with van der Waals surface area (Å²) < 4.78 is 0. The van der Waals surface area contributed by atoms with E-state index in [-0.39, 0.29) is 23.1 Å². The van der Waals surface area contributed by atoms with E-state index in [1.165, 1.54) is 36.4 Å². The number of ketones is 2. The predicted octanol–water partition coefficient (Wildman–Crippen LogP) is 4.89. The quantitative estimate of drug-likeness (QED) is 0.478. The van der Waals surface area contributed by atoms with Crippen LogP contribution in [0.25, 0.3) is 12.2 Å². The van der Waals surface area contributed by atoms with Gasteiger partial charge in [-0.2, -0.15) is 0 Å². The maximum Gasteiger partial charge on any atom is 0.185 e. The summed E-state index contributed by atoms with van der Waals surface area (Å²) in [6.07, 6.45) is 6.38. The third kappa shape index (κ3) is 5.05. The van der Waals surface area contributed by atoms with Crippen LogP contribution in [0, 0.1) is 0 Å². The lowest BCUT2D eigenvalue weighted by Gasteiger charge is -1.98. The summed E-state index contributed by atoms with van der Waals surface area (Å²) in [6.45, 7) is 0. The predicted molar refractivity (Wildman–Crippen MR) is 109 cm³/mol. The molecule has 4 nitrogen and oxygen atoms in total. The number of carbonyl (C=O) groups excluding carboxylic acids is 2. The van der Waals surface area contributed by atoms with Crippen molar-refractivity contribution in [1.29, 1.82) is 0 Å². The molecule has 0 aliphatic rings. The molecule has 2 N–H and O–H groups in total. The minimum atomic E-state index is -0.150. The van der Waals surface area contributed by atoms with E-state index in [1.54, 1.807) is 36.4 Å². The molecule has 0 aliphatic carbocycles. The highest BCUT2D eigenvalue weighted by atomic mass is 16.3. The van der Waals surface area contributed by atoms with E-state index in [1.807, 2.05) is 24.3 Å². The minimum Gasteiger partial charge on any atom is -0.508 e. The summed E-state index contributed by atoms with van der Waals surface area (Å²) in [5.41, 5.74) is 2.71. The van der Waals surface area contributed by atoms with Crippen molar-refractivity contribution in [3.63, 3.8) is 0 Å². The van der Waals surface area contributed by atoms with Gasteiger partial charge >= 0.3 is 0 Å². The van der Waals surface area contributed by atoms with Crippen LogP contribution in [0.1, 0.15) is 31.8 Å². The number of phenols is 2. The molecule has 3 aromatic rings. The topological polar surface area (TPSA) is 74.6 Å². The molecule has 0 radical (unpaired) electrons. The highest BCUT2D eigenvalue weighted by molar-refractivity contribution is 6.07. The molecule has 138 valence electrons. The van der Waals surface area contributed by atoms with E-state index in [0.29, 0.717) is 11.1 Å². The summed E-state index contributed by atoms with van der Waals surface area (Å²) in [5, 5.41) is 18.5. The van der Waals surface area contributed by atoms with Crippen molar-refractivity contribution in [3.8, 4) is 11.5 Å². The van der Waals surface area contributed by atoms with Crippen molar-refractivity contribution >= 4 is 23.7 Å². The van der Waals surface area contributed by atoms with Crippen LogP contribution in [-0.2, 0) is 0 Å². The molecule has 0 saturated heterocycles. The minimum absolute atomic E-state index is 0.119. The Morgan fingerprint density at radius 3 is 1.18 bits per heavy atom. The van der Waals surface area contributed by atoms with Gasteiger partial charge in [0, 0.05) is 11.1 Å². The Labute approximate surface area is 162 Å². The third-order valence-corrected chi connectivity index (χ3v) is 4.09. The van der Waals surface area contributed by atoms with E-state index < -0.39 is 0 Å². The Balaban J connectivity index is 1.62. The first-order valence-corrected chi connectivity index (χ1v) is 8.64. The molecule has 3 aromatic carbocycles. The van der Waals surface area contributed by atoms with Gasteiger partial charge in [-0.1, -0.05) is 36.4 Å². The van der Waals surface area contributed by atoms with Crippen LogP contribution in [0.15, 0.2) is 84.9 Å². The monoisotopic (exact) mass is 370 g/mol. The molecular weight excluding hydrogens is 352 g/mol. The second-order valence-corrected chi connectivity index (χ2v) is 6.16. The molecule has 4 heteroatoms. The van der Waals surface area contributed by atoms with E-state index in [0.717, 1.165) is 11.1 Å². The second kappa shape index (κ2) is 8.64. The van der Waals surface area contributed by atoms with Gasteiger partial charge in [0.05, 0.1) is 0 Å². The van der Waals surface area contributed by atoms with Gasteiger partial charge in [-0.05, 0) is 71.8 Å². The summed E-state index contributed by atoms with van der Waals surface area (Å²) in [6, 6.07) is 19.6. The first-order valence-electron chi connectivity index (χ1n) is 8.64. The summed E-state index contributed by atoms with van der Waals surface area (Å²) >= 11 is 0. The second-order valence-electron chi connectivity index (χ2n) is 6.16. The average Bonchev–Trinajstić information content (AvgIpc) is 2.72. The first kappa shape index (κ1) is 18.9. The summed E-state index contributed by atoms with van der Waals surface area (Å²) in [7, 11) is 0. The number of aromatic hydroxyl groups is 2. The number of hydrogen-bond donors (Lipinski definition) is 2. The molecule has 28 heavy (non-hydrogen) atoms. The van der Waals surface area contributed by atoms with Gasteiger partial charge in [-0.15, -0.1) is 0 Å². The maximum atomic E-state index is 12.1. The largest absolute Gasteiger partial charge is 0.508 e. The lowest BCUT2D eigenvalue weighted by molar-refractivity contribution is 0.103. The smallest absolute Gasteiger partial charge is 0.185 e. The molecule has 0 aromatic heterocycles. The number of carbonyl (C=O) groups is 2. The Bertz CT molecular complexity index is 939. The Kier molecular flexibility index (Phi) is 5.82. The Hall–Kier alpha value is -3.92. The summed E-state index contributed by atoms with van der Waals surface area (Å²) in [5.74, 6) is -0.0620. The Morgan fingerprint density at radius 2 is 0.857 bits per heavy atom. The zero-order valence-electron chi connectivity index (χ0n) is 14.9. The van der Waals surface area contributed by atoms with Crippen molar-refractivity contribution < 1.29 is 19.8 Å². The van der Waals surface area contributed by atoms with Gasteiger partial charge in [0.25, 0.3) is 0 Å². The van der Waals surface area contributed by atoms with Crippen LogP contribution in [0.2, 0.25) is 0 Å². The number of benzene rings is 3. The SMILES string of the molecule is O=C(C=Cc1ccc(/C=C/C(=O)c2ccc(O)cc2)cc1)c1ccc(O)cc1. The standard InChI is InChI=1S/C24H18O4/c25-21-11-7-19(8-12-21)23(27)15-5-17-1-2-18(4-3-17)6-16-24(28)20-9-13-22(26)14-10-20/h1-16,25-26H/b15-5+,16-6?. The van der Waals surface area contributed by atoms with Crippen LogP contribution >= 0.6 is 0 Å². The van der Waals surface area contributed by atoms with Crippen molar-refractivity contribution in [1.82, 2.24) is 0 Å². The van der Waals surface area contributed by atoms with Gasteiger partial charge in [-0.25, -0.2) is 0 Å². The fourth-order valence-electron chi connectivity index (χ4n) is 2.51. The lowest BCUT2D eigenvalue weighted by atomic mass is 10.1. The zero-order valence-corrected chi connectivity index (χ0v) is 14.9. The van der Waals surface area contributed by atoms with Gasteiger partial charge < -0.3 is 10.2 Å². The Morgan fingerprint density at radius 1 is 0.536 bits per heavy atom. The van der Waals surface area contributed by atoms with Gasteiger partial charge in [0.15, 0.2) is 11.6 Å². The van der Waals surface area contributed by atoms with Crippen molar-refractivity contribution in [3.05, 3.63) is 107 Å². The van der Waals surface area contributed by atoms with Crippen LogP contribution in [0.4, 0.5) is 0 Å². The molecule has 0 unspecified atom stereocenters. The highest BCUT2D eigenvalue weighted by Crippen LogP contribution is 2.14. The maximum absolute atomic E-state index is 12.1. The first-order chi connectivity index (χ1) is 13.5. The molecule has 3 rings (SSSR count). The normalized spacial score (nSPS) is 11.1. The van der Waals surface area contributed by atoms with Crippen LogP contribution < -0.4 is 0 Å². The van der Waals surface area contributed by atoms with Gasteiger partial charge in [0.2, 0.25) is 0 Å². The summed E-state index contributed by atoms with van der Waals surface area (Å²) in [4.78, 5) is 24.2. The lowest BCUT2D eigenvalue weighted by Crippen LogP contribution is -1.93. The molecule has 0 saturated carbocycles. The van der Waals surface area contributed by atoms with Crippen LogP contribution in [0.5, 0.6) is 11.5 Å². The molecule has 0 fully saturated rings. The molecule has 0 bridgehead atoms. The van der Waals surface area contributed by atoms with E-state index in [9.17, 15) is 19.8 Å². The number of rotatable bonds is 6. The fraction of sp³-hybridized carbons (Fsp3) is 0. The molecular formula is C24H18O4. The van der Waals surface area contributed by atoms with Crippen molar-refractivity contribution in [2.75, 3.05) is 0 Å². The van der Waals surface area contributed by atoms with Gasteiger partial charge in [-0.3, -0.25) is 9.59 Å². The van der Waals surface area contributed by atoms with E-state index in [2.05, 4.69) is 0 Å². The van der Waals surface area contributed by atoms with Crippen LogP contribution in [-0.4, -0.2) is 21.8 Å². The van der Waals surface area contributed by atoms with E-state index >= 15 is 0 Å². The molecule has 0 amide bonds. The molecule has 0 atom stereocenters. The number of hydrogen-bond acceptors (Lipinski definition) is 4. The van der Waals surface area contributed by atoms with Crippen LogP contribution in [0.3, 0.4) is 0 Å². The van der Waals surface area contributed by atoms with Crippen molar-refractivity contribution in [2.24, 2.45) is 0 Å². The highest BCUT2D eigenvalue weighted by Gasteiger charge is 2.02. The van der Waals surface area contributed by atoms with E-state index in [4.69, 9.17) is 0 Å². The molecule has 0 spiro atoms. The zero-order chi connectivity index (χ0) is 19.9. The average molecular weight is 370 g/mol. The third-order valence-electron chi connectivity index (χ3n) is 4.09. The number of allylic oxidation sites excluding steroid dienone is 2. The number of phenolic OH excluding ortho intramolecular Hbond substituents is 2. The molecule has 0 aliphatic heterocycles. The molecule has 0 heterocycles.